The van der Waals surface area contributed by atoms with Crippen LogP contribution in [0.1, 0.15) is 5.56 Å². The van der Waals surface area contributed by atoms with Crippen LogP contribution in [-0.2, 0) is 6.42 Å². The van der Waals surface area contributed by atoms with E-state index < -0.39 is 0 Å². The van der Waals surface area contributed by atoms with Crippen molar-refractivity contribution in [1.82, 2.24) is 0 Å². The molecule has 0 aliphatic rings. The Morgan fingerprint density at radius 3 is 2.46 bits per heavy atom. The summed E-state index contributed by atoms with van der Waals surface area (Å²) in [7, 11) is 0. The van der Waals surface area contributed by atoms with Crippen LogP contribution in [0.25, 0.3) is 10.8 Å². The number of hydrogen-bond donors (Lipinski definition) is 0. The molecule has 2 aromatic carbocycles. The van der Waals surface area contributed by atoms with E-state index in [1.54, 1.807) is 16.9 Å². The molecule has 0 aliphatic carbocycles. The van der Waals surface area contributed by atoms with Crippen molar-refractivity contribution >= 4 is 27.6 Å². The molecule has 2 aromatic rings. The summed E-state index contributed by atoms with van der Waals surface area (Å²) in [4.78, 5) is 0. The van der Waals surface area contributed by atoms with E-state index in [4.69, 9.17) is 0 Å². The van der Waals surface area contributed by atoms with Crippen molar-refractivity contribution in [3.05, 3.63) is 48.0 Å². The molecule has 0 heterocycles. The topological polar surface area (TPSA) is 0 Å². The van der Waals surface area contributed by atoms with Gasteiger partial charge in [0.2, 0.25) is 0 Å². The van der Waals surface area contributed by atoms with E-state index in [1.807, 2.05) is 0 Å². The minimum atomic E-state index is 1.21. The SMILES string of the molecule is [AsH2]CCc1ccc2ccccc2c1. The Labute approximate surface area is 87.5 Å². The second kappa shape index (κ2) is 3.98. The fourth-order valence-electron chi connectivity index (χ4n) is 1.56. The molecule has 0 saturated carbocycles. The van der Waals surface area contributed by atoms with E-state index in [2.05, 4.69) is 42.5 Å². The van der Waals surface area contributed by atoms with Crippen LogP contribution in [-0.4, -0.2) is 16.9 Å². The molecule has 0 nitrogen and oxygen atoms in total. The molecule has 13 heavy (non-hydrogen) atoms. The third-order valence-corrected chi connectivity index (χ3v) is 2.85. The molecule has 0 fully saturated rings. The number of hydrogen-bond acceptors (Lipinski definition) is 0. The molecule has 1 unspecified atom stereocenters. The molecule has 0 aromatic heterocycles. The minimum absolute atomic E-state index is 1.21. The fraction of sp³-hybridized carbons (Fsp3) is 0.167. The van der Waals surface area contributed by atoms with Crippen molar-refractivity contribution in [1.29, 1.82) is 0 Å². The third-order valence-electron chi connectivity index (χ3n) is 2.25. The monoisotopic (exact) mass is 232 g/mol. The third kappa shape index (κ3) is 1.95. The average molecular weight is 232 g/mol. The van der Waals surface area contributed by atoms with Crippen LogP contribution in [0.5, 0.6) is 0 Å². The van der Waals surface area contributed by atoms with Gasteiger partial charge < -0.3 is 0 Å². The molecule has 0 N–H and O–H groups in total. The van der Waals surface area contributed by atoms with Gasteiger partial charge in [0.15, 0.2) is 0 Å². The Bertz CT molecular complexity index is 407. The zero-order valence-electron chi connectivity index (χ0n) is 7.53. The summed E-state index contributed by atoms with van der Waals surface area (Å²) in [5.41, 5.74) is 1.46. The zero-order chi connectivity index (χ0) is 9.10. The van der Waals surface area contributed by atoms with E-state index in [0.717, 1.165) is 0 Å². The molecule has 0 saturated heterocycles. The fourth-order valence-corrected chi connectivity index (χ4v) is 2.26. The standard InChI is InChI=1S/C12H13As/c13-8-7-10-5-6-11-3-1-2-4-12(11)9-10/h1-6,9H,7-8,13H2. The van der Waals surface area contributed by atoms with Crippen molar-refractivity contribution in [2.45, 2.75) is 11.6 Å². The van der Waals surface area contributed by atoms with Gasteiger partial charge in [-0.15, -0.1) is 0 Å². The molecule has 0 spiro atoms. The van der Waals surface area contributed by atoms with Gasteiger partial charge in [-0.3, -0.25) is 0 Å². The first-order chi connectivity index (χ1) is 6.40. The Hall–Kier alpha value is -0.742. The van der Waals surface area contributed by atoms with E-state index in [0.29, 0.717) is 0 Å². The summed E-state index contributed by atoms with van der Waals surface area (Å²) in [5, 5.41) is 3.99. The van der Waals surface area contributed by atoms with Gasteiger partial charge in [0.05, 0.1) is 0 Å². The first kappa shape index (κ1) is 8.84. The van der Waals surface area contributed by atoms with Gasteiger partial charge >= 0.3 is 87.3 Å². The van der Waals surface area contributed by atoms with Crippen molar-refractivity contribution in [2.24, 2.45) is 0 Å². The summed E-state index contributed by atoms with van der Waals surface area (Å²) in [5.74, 6) is 0. The number of benzene rings is 2. The van der Waals surface area contributed by atoms with Gasteiger partial charge in [-0.25, -0.2) is 0 Å². The molecule has 0 bridgehead atoms. The normalized spacial score (nSPS) is 10.5. The van der Waals surface area contributed by atoms with Gasteiger partial charge in [0, 0.05) is 0 Å². The van der Waals surface area contributed by atoms with Gasteiger partial charge in [-0.1, -0.05) is 0 Å². The van der Waals surface area contributed by atoms with E-state index in [-0.39, 0.29) is 0 Å². The van der Waals surface area contributed by atoms with E-state index in [1.165, 1.54) is 28.0 Å². The summed E-state index contributed by atoms with van der Waals surface area (Å²) >= 11 is 1.81. The van der Waals surface area contributed by atoms with Crippen LogP contribution in [0.4, 0.5) is 0 Å². The first-order valence-electron chi connectivity index (χ1n) is 4.58. The second-order valence-corrected chi connectivity index (χ2v) is 4.43. The van der Waals surface area contributed by atoms with Crippen LogP contribution in [0.3, 0.4) is 0 Å². The molecular formula is C12H13As. The quantitative estimate of drug-likeness (QED) is 0.697. The van der Waals surface area contributed by atoms with Crippen molar-refractivity contribution in [3.8, 4) is 0 Å². The number of aryl methyl sites for hydroxylation is 1. The molecule has 1 atom stereocenters. The Balaban J connectivity index is 2.49. The van der Waals surface area contributed by atoms with Gasteiger partial charge in [-0.2, -0.15) is 0 Å². The second-order valence-electron chi connectivity index (χ2n) is 3.22. The number of rotatable bonds is 2. The van der Waals surface area contributed by atoms with Gasteiger partial charge in [0.25, 0.3) is 0 Å². The Morgan fingerprint density at radius 1 is 0.923 bits per heavy atom. The summed E-state index contributed by atoms with van der Waals surface area (Å²) in [6.45, 7) is 0. The summed E-state index contributed by atoms with van der Waals surface area (Å²) < 4.78 is 0. The predicted molar refractivity (Wildman–Crippen MR) is 61.0 cm³/mol. The molecule has 2 rings (SSSR count). The number of fused-ring (bicyclic) bond motifs is 1. The molecule has 0 amide bonds. The molecule has 66 valence electrons. The zero-order valence-corrected chi connectivity index (χ0v) is 9.96. The van der Waals surface area contributed by atoms with Crippen LogP contribution in [0.15, 0.2) is 42.5 Å². The van der Waals surface area contributed by atoms with Crippen molar-refractivity contribution < 1.29 is 0 Å². The Morgan fingerprint density at radius 2 is 1.69 bits per heavy atom. The average Bonchev–Trinajstić information content (AvgIpc) is 2.18. The maximum atomic E-state index is 2.30. The first-order valence-corrected chi connectivity index (χ1v) is 6.29. The van der Waals surface area contributed by atoms with Gasteiger partial charge in [0.1, 0.15) is 0 Å². The summed E-state index contributed by atoms with van der Waals surface area (Å²) in [6.07, 6.45) is 1.21. The van der Waals surface area contributed by atoms with Crippen molar-refractivity contribution in [2.75, 3.05) is 0 Å². The van der Waals surface area contributed by atoms with Gasteiger partial charge in [-0.05, 0) is 0 Å². The Kier molecular flexibility index (Phi) is 2.70. The van der Waals surface area contributed by atoms with Crippen LogP contribution < -0.4 is 0 Å². The summed E-state index contributed by atoms with van der Waals surface area (Å²) in [6, 6.07) is 15.3. The van der Waals surface area contributed by atoms with Crippen molar-refractivity contribution in [3.63, 3.8) is 0 Å². The molecule has 0 aliphatic heterocycles. The molecule has 0 radical (unpaired) electrons. The molecular weight excluding hydrogens is 219 g/mol. The van der Waals surface area contributed by atoms with E-state index >= 15 is 0 Å². The van der Waals surface area contributed by atoms with E-state index in [9.17, 15) is 0 Å². The predicted octanol–water partition coefficient (Wildman–Crippen LogP) is 2.43. The van der Waals surface area contributed by atoms with Crippen LogP contribution in [0.2, 0.25) is 5.21 Å². The maximum absolute atomic E-state index is 2.30. The van der Waals surface area contributed by atoms with Crippen LogP contribution in [0, 0.1) is 0 Å². The molecule has 1 heteroatoms. The van der Waals surface area contributed by atoms with Crippen LogP contribution >= 0.6 is 0 Å².